The number of Topliss-reactive ketones (excluding diaryl/α,β-unsaturated/α-hetero) is 1. The maximum absolute atomic E-state index is 14.3. The fraction of sp³-hybridized carbons (Fsp3) is 0.400. The van der Waals surface area contributed by atoms with Crippen molar-refractivity contribution in [3.8, 4) is 11.1 Å². The van der Waals surface area contributed by atoms with Gasteiger partial charge in [0.2, 0.25) is 23.6 Å². The molecule has 0 bridgehead atoms. The van der Waals surface area contributed by atoms with Crippen molar-refractivity contribution in [1.29, 1.82) is 0 Å². The van der Waals surface area contributed by atoms with Gasteiger partial charge in [0.25, 0.3) is 0 Å². The first-order chi connectivity index (χ1) is 30.0. The maximum Gasteiger partial charge on any atom is 0.407 e. The minimum Gasteiger partial charge on any atom is -0.449 e. The number of unbranched alkanes of at least 4 members (excludes halogenated alkanes) is 1. The molecular formula is C50H59N5O7. The third kappa shape index (κ3) is 12.2. The zero-order chi connectivity index (χ0) is 44.0. The Balaban J connectivity index is 1.05. The van der Waals surface area contributed by atoms with Gasteiger partial charge in [0.15, 0.2) is 0 Å². The number of benzene rings is 4. The van der Waals surface area contributed by atoms with E-state index in [1.807, 2.05) is 74.5 Å². The molecule has 0 unspecified atom stereocenters. The number of carbonyl (C=O) groups excluding carboxylic acids is 6. The number of fused-ring (bicyclic) bond motifs is 3. The highest BCUT2D eigenvalue weighted by Crippen LogP contribution is 2.44. The number of hydrogen-bond donors (Lipinski definition) is 4. The van der Waals surface area contributed by atoms with Crippen LogP contribution in [0.2, 0.25) is 0 Å². The number of hydrogen-bond acceptors (Lipinski definition) is 7. The summed E-state index contributed by atoms with van der Waals surface area (Å²) >= 11 is 0. The first-order valence-corrected chi connectivity index (χ1v) is 21.9. The highest BCUT2D eigenvalue weighted by atomic mass is 16.5. The third-order valence-electron chi connectivity index (χ3n) is 11.6. The Morgan fingerprint density at radius 2 is 1.37 bits per heavy atom. The largest absolute Gasteiger partial charge is 0.449 e. The van der Waals surface area contributed by atoms with E-state index in [0.29, 0.717) is 57.3 Å². The van der Waals surface area contributed by atoms with Crippen LogP contribution in [0.4, 0.5) is 10.5 Å². The van der Waals surface area contributed by atoms with Crippen molar-refractivity contribution in [2.75, 3.05) is 25.0 Å². The average molecular weight is 842 g/mol. The zero-order valence-electron chi connectivity index (χ0n) is 35.9. The van der Waals surface area contributed by atoms with Gasteiger partial charge in [-0.25, -0.2) is 4.79 Å². The molecule has 0 spiro atoms. The lowest BCUT2D eigenvalue weighted by Crippen LogP contribution is -2.56. The summed E-state index contributed by atoms with van der Waals surface area (Å²) in [5, 5.41) is 11.6. The second kappa shape index (κ2) is 22.0. The fourth-order valence-corrected chi connectivity index (χ4v) is 8.59. The van der Waals surface area contributed by atoms with E-state index in [9.17, 15) is 28.8 Å². The van der Waals surface area contributed by atoms with Crippen molar-refractivity contribution in [3.63, 3.8) is 0 Å². The monoisotopic (exact) mass is 841 g/mol. The van der Waals surface area contributed by atoms with Crippen molar-refractivity contribution in [2.45, 2.75) is 96.2 Å². The van der Waals surface area contributed by atoms with Crippen molar-refractivity contribution in [2.24, 2.45) is 11.8 Å². The van der Waals surface area contributed by atoms with Gasteiger partial charge in [-0.3, -0.25) is 19.2 Å². The van der Waals surface area contributed by atoms with Gasteiger partial charge >= 0.3 is 6.09 Å². The highest BCUT2D eigenvalue weighted by molar-refractivity contribution is 5.99. The Labute approximate surface area is 364 Å². The second-order valence-electron chi connectivity index (χ2n) is 16.8. The molecule has 4 atom stereocenters. The van der Waals surface area contributed by atoms with Crippen molar-refractivity contribution in [3.05, 3.63) is 126 Å². The van der Waals surface area contributed by atoms with E-state index in [-0.39, 0.29) is 48.9 Å². The maximum atomic E-state index is 14.3. The van der Waals surface area contributed by atoms with Crippen LogP contribution < -0.4 is 21.3 Å². The zero-order valence-corrected chi connectivity index (χ0v) is 35.9. The van der Waals surface area contributed by atoms with Gasteiger partial charge in [0.1, 0.15) is 30.5 Å². The molecule has 1 saturated heterocycles. The molecule has 12 heteroatoms. The van der Waals surface area contributed by atoms with Crippen LogP contribution in [0.1, 0.15) is 88.3 Å². The number of para-hydroxylation sites is 1. The Morgan fingerprint density at radius 3 is 2.02 bits per heavy atom. The number of carbonyl (C=O) groups is 6. The van der Waals surface area contributed by atoms with Crippen molar-refractivity contribution in [1.82, 2.24) is 20.9 Å². The number of ether oxygens (including phenoxy) is 1. The summed E-state index contributed by atoms with van der Waals surface area (Å²) in [5.74, 6) is -2.39. The van der Waals surface area contributed by atoms with E-state index >= 15 is 0 Å². The molecule has 1 fully saturated rings. The van der Waals surface area contributed by atoms with Gasteiger partial charge in [-0.05, 0) is 97.7 Å². The van der Waals surface area contributed by atoms with Gasteiger partial charge in [-0.1, -0.05) is 111 Å². The van der Waals surface area contributed by atoms with Crippen LogP contribution in [0.15, 0.2) is 109 Å². The lowest BCUT2D eigenvalue weighted by atomic mass is 9.92. The summed E-state index contributed by atoms with van der Waals surface area (Å²) in [6.45, 7) is 6.21. The Hall–Kier alpha value is -6.30. The number of anilines is 1. The molecule has 5 amide bonds. The molecule has 4 aromatic carbocycles. The van der Waals surface area contributed by atoms with Crippen LogP contribution in [0, 0.1) is 11.8 Å². The van der Waals surface area contributed by atoms with E-state index in [2.05, 4.69) is 45.5 Å². The molecule has 326 valence electrons. The Bertz CT molecular complexity index is 2130. The van der Waals surface area contributed by atoms with E-state index in [0.717, 1.165) is 27.8 Å². The van der Waals surface area contributed by atoms with Crippen LogP contribution in [0.5, 0.6) is 0 Å². The normalized spacial score (nSPS) is 15.7. The molecule has 4 N–H and O–H groups in total. The molecule has 12 nitrogen and oxygen atoms in total. The SMILES string of the molecule is CC(=O)C[C@@H](Cc1ccccc1)C(=O)N[C@@H](CC(C)C)C(=O)N1CCC[C@H]1C(=O)N[C@@H](CCCCNC(=O)OCC1c2ccccc2-c2ccccc21)C(=O)Nc1ccccc1. The van der Waals surface area contributed by atoms with Crippen LogP contribution in [-0.4, -0.2) is 78.2 Å². The number of rotatable bonds is 20. The van der Waals surface area contributed by atoms with E-state index in [4.69, 9.17) is 4.74 Å². The van der Waals surface area contributed by atoms with E-state index < -0.39 is 42.0 Å². The Morgan fingerprint density at radius 1 is 0.742 bits per heavy atom. The molecule has 1 aliphatic heterocycles. The summed E-state index contributed by atoms with van der Waals surface area (Å²) in [7, 11) is 0. The number of ketones is 1. The molecule has 0 aromatic heterocycles. The van der Waals surface area contributed by atoms with Gasteiger partial charge in [0, 0.05) is 37.0 Å². The molecule has 2 aliphatic rings. The van der Waals surface area contributed by atoms with Crippen molar-refractivity contribution < 1.29 is 33.5 Å². The average Bonchev–Trinajstić information content (AvgIpc) is 3.88. The summed E-state index contributed by atoms with van der Waals surface area (Å²) in [4.78, 5) is 82.3. The third-order valence-corrected chi connectivity index (χ3v) is 11.6. The summed E-state index contributed by atoms with van der Waals surface area (Å²) < 4.78 is 5.68. The summed E-state index contributed by atoms with van der Waals surface area (Å²) in [6.07, 6.45) is 2.49. The van der Waals surface area contributed by atoms with Crippen molar-refractivity contribution >= 4 is 41.2 Å². The van der Waals surface area contributed by atoms with Crippen LogP contribution >= 0.6 is 0 Å². The standard InChI is InChI=1S/C50H59N5O7/c1-33(2)29-44(54-46(57)36(30-34(3)56)31-35-17-6-4-7-18-35)49(60)55-28-16-26-45(55)48(59)53-43(47(58)52-37-19-8-5-9-20-37)25-14-15-27-51-50(61)62-32-42-40-23-12-10-21-38(40)39-22-11-13-24-41(39)42/h4-13,17-24,33,36,42-45H,14-16,25-32H2,1-3H3,(H,51,61)(H,52,58)(H,53,59)(H,54,57)/t36-,43-,44-,45-/m0/s1. The highest BCUT2D eigenvalue weighted by Gasteiger charge is 2.40. The molecule has 4 aromatic rings. The molecule has 6 rings (SSSR count). The topological polar surface area (TPSA) is 163 Å². The van der Waals surface area contributed by atoms with Crippen LogP contribution in [0.25, 0.3) is 11.1 Å². The van der Waals surface area contributed by atoms with E-state index in [1.165, 1.54) is 11.8 Å². The fourth-order valence-electron chi connectivity index (χ4n) is 8.59. The van der Waals surface area contributed by atoms with Crippen LogP contribution in [-0.2, 0) is 35.1 Å². The number of amides is 5. The molecule has 1 heterocycles. The number of likely N-dealkylation sites (tertiary alicyclic amines) is 1. The van der Waals surface area contributed by atoms with Crippen LogP contribution in [0.3, 0.4) is 0 Å². The van der Waals surface area contributed by atoms with Gasteiger partial charge in [-0.15, -0.1) is 0 Å². The molecule has 0 saturated carbocycles. The number of nitrogens with one attached hydrogen (secondary N) is 4. The first-order valence-electron chi connectivity index (χ1n) is 21.9. The second-order valence-corrected chi connectivity index (χ2v) is 16.8. The summed E-state index contributed by atoms with van der Waals surface area (Å²) in [6, 6.07) is 32.1. The predicted molar refractivity (Wildman–Crippen MR) is 239 cm³/mol. The quantitative estimate of drug-likeness (QED) is 0.0686. The van der Waals surface area contributed by atoms with Gasteiger partial charge in [-0.2, -0.15) is 0 Å². The number of nitrogens with zero attached hydrogens (tertiary/aromatic N) is 1. The smallest absolute Gasteiger partial charge is 0.407 e. The molecule has 62 heavy (non-hydrogen) atoms. The minimum absolute atomic E-state index is 0.0377. The minimum atomic E-state index is -0.925. The summed E-state index contributed by atoms with van der Waals surface area (Å²) in [5.41, 5.74) is 6.05. The van der Waals surface area contributed by atoms with Gasteiger partial charge in [0.05, 0.1) is 0 Å². The van der Waals surface area contributed by atoms with Gasteiger partial charge < -0.3 is 35.7 Å². The molecule has 0 radical (unpaired) electrons. The first kappa shape index (κ1) is 45.2. The molecular weight excluding hydrogens is 783 g/mol. The lowest BCUT2D eigenvalue weighted by Gasteiger charge is -2.31. The Kier molecular flexibility index (Phi) is 16.0. The molecule has 1 aliphatic carbocycles. The van der Waals surface area contributed by atoms with E-state index in [1.54, 1.807) is 24.3 Å². The lowest BCUT2D eigenvalue weighted by molar-refractivity contribution is -0.143. The predicted octanol–water partition coefficient (Wildman–Crippen LogP) is 7.18. The number of alkyl carbamates (subject to hydrolysis) is 1.